The summed E-state index contributed by atoms with van der Waals surface area (Å²) in [5.41, 5.74) is 2.57. The first-order chi connectivity index (χ1) is 8.20. The van der Waals surface area contributed by atoms with E-state index in [4.69, 9.17) is 11.6 Å². The Morgan fingerprint density at radius 3 is 2.82 bits per heavy atom. The second-order valence-electron chi connectivity index (χ2n) is 3.85. The summed E-state index contributed by atoms with van der Waals surface area (Å²) in [7, 11) is 1.98. The smallest absolute Gasteiger partial charge is 0.0551 e. The molecule has 0 aliphatic carbocycles. The van der Waals surface area contributed by atoms with Gasteiger partial charge in [0.2, 0.25) is 0 Å². The van der Waals surface area contributed by atoms with Crippen molar-refractivity contribution < 1.29 is 0 Å². The van der Waals surface area contributed by atoms with Crippen molar-refractivity contribution >= 4 is 38.9 Å². The first kappa shape index (κ1) is 13.1. The lowest BCUT2D eigenvalue weighted by Crippen LogP contribution is -2.18. The molecule has 0 spiro atoms. The van der Waals surface area contributed by atoms with E-state index in [1.54, 1.807) is 11.3 Å². The Morgan fingerprint density at radius 1 is 1.41 bits per heavy atom. The van der Waals surface area contributed by atoms with E-state index < -0.39 is 0 Å². The Morgan fingerprint density at radius 2 is 2.24 bits per heavy atom. The zero-order valence-corrected chi connectivity index (χ0v) is 12.6. The maximum atomic E-state index is 6.12. The highest BCUT2D eigenvalue weighted by atomic mass is 79.9. The Kier molecular flexibility index (Phi) is 4.62. The molecule has 1 aromatic carbocycles. The van der Waals surface area contributed by atoms with Crippen LogP contribution in [0.4, 0.5) is 0 Å². The fourth-order valence-corrected chi connectivity index (χ4v) is 2.88. The second-order valence-corrected chi connectivity index (χ2v) is 5.89. The molecule has 0 amide bonds. The second kappa shape index (κ2) is 6.01. The van der Waals surface area contributed by atoms with E-state index in [0.29, 0.717) is 6.04 Å². The van der Waals surface area contributed by atoms with Crippen molar-refractivity contribution in [3.05, 3.63) is 55.6 Å². The fourth-order valence-electron chi connectivity index (χ4n) is 1.76. The van der Waals surface area contributed by atoms with Gasteiger partial charge in [0.1, 0.15) is 0 Å². The predicted molar refractivity (Wildman–Crippen MR) is 79.0 cm³/mol. The minimum atomic E-state index is 0.301. The molecule has 0 aliphatic rings. The van der Waals surface area contributed by atoms with E-state index >= 15 is 0 Å². The van der Waals surface area contributed by atoms with Gasteiger partial charge in [0.25, 0.3) is 0 Å². The van der Waals surface area contributed by atoms with Crippen LogP contribution in [0.3, 0.4) is 0 Å². The quantitative estimate of drug-likeness (QED) is 0.859. The number of halogens is 2. The third-order valence-electron chi connectivity index (χ3n) is 2.71. The van der Waals surface area contributed by atoms with Gasteiger partial charge >= 0.3 is 0 Å². The number of rotatable bonds is 4. The van der Waals surface area contributed by atoms with Crippen LogP contribution >= 0.6 is 38.9 Å². The van der Waals surface area contributed by atoms with Crippen molar-refractivity contribution in [1.82, 2.24) is 5.32 Å². The van der Waals surface area contributed by atoms with Gasteiger partial charge in [0, 0.05) is 10.5 Å². The van der Waals surface area contributed by atoms with E-state index in [1.165, 1.54) is 11.1 Å². The standard InChI is InChI=1S/C13H13BrClNS/c1-16-13(6-9-4-5-17-8-9)10-2-3-11(14)12(15)7-10/h2-5,7-8,13,16H,6H2,1H3. The summed E-state index contributed by atoms with van der Waals surface area (Å²) in [5.74, 6) is 0. The van der Waals surface area contributed by atoms with Crippen LogP contribution in [-0.2, 0) is 6.42 Å². The van der Waals surface area contributed by atoms with Crippen LogP contribution in [-0.4, -0.2) is 7.05 Å². The van der Waals surface area contributed by atoms with E-state index in [0.717, 1.165) is 15.9 Å². The molecule has 1 atom stereocenters. The van der Waals surface area contributed by atoms with Gasteiger partial charge in [0.05, 0.1) is 5.02 Å². The normalized spacial score (nSPS) is 12.6. The van der Waals surface area contributed by atoms with Gasteiger partial charge in [-0.05, 0) is 69.5 Å². The van der Waals surface area contributed by atoms with Gasteiger partial charge in [-0.1, -0.05) is 17.7 Å². The lowest BCUT2D eigenvalue weighted by Gasteiger charge is -2.16. The van der Waals surface area contributed by atoms with Crippen molar-refractivity contribution in [2.24, 2.45) is 0 Å². The average Bonchev–Trinajstić information content (AvgIpc) is 2.82. The van der Waals surface area contributed by atoms with Crippen molar-refractivity contribution in [3.63, 3.8) is 0 Å². The Hall–Kier alpha value is -0.350. The van der Waals surface area contributed by atoms with E-state index in [1.807, 2.05) is 19.2 Å². The number of thiophene rings is 1. The molecule has 4 heteroatoms. The highest BCUT2D eigenvalue weighted by Gasteiger charge is 2.11. The van der Waals surface area contributed by atoms with Crippen molar-refractivity contribution in [1.29, 1.82) is 0 Å². The average molecular weight is 331 g/mol. The van der Waals surface area contributed by atoms with Gasteiger partial charge < -0.3 is 5.32 Å². The summed E-state index contributed by atoms with van der Waals surface area (Å²) in [6.45, 7) is 0. The van der Waals surface area contributed by atoms with Crippen LogP contribution in [0.5, 0.6) is 0 Å². The third-order valence-corrected chi connectivity index (χ3v) is 4.68. The summed E-state index contributed by atoms with van der Waals surface area (Å²) in [6.07, 6.45) is 0.984. The van der Waals surface area contributed by atoms with Crippen LogP contribution < -0.4 is 5.32 Å². The number of hydrogen-bond acceptors (Lipinski definition) is 2. The topological polar surface area (TPSA) is 12.0 Å². The molecule has 1 aromatic heterocycles. The van der Waals surface area contributed by atoms with Crippen molar-refractivity contribution in [3.8, 4) is 0 Å². The zero-order valence-electron chi connectivity index (χ0n) is 9.41. The lowest BCUT2D eigenvalue weighted by atomic mass is 10.0. The van der Waals surface area contributed by atoms with E-state index in [-0.39, 0.29) is 0 Å². The molecule has 90 valence electrons. The number of hydrogen-bond donors (Lipinski definition) is 1. The number of likely N-dealkylation sites (N-methyl/N-ethyl adjacent to an activating group) is 1. The van der Waals surface area contributed by atoms with E-state index in [9.17, 15) is 0 Å². The molecule has 0 bridgehead atoms. The van der Waals surface area contributed by atoms with Gasteiger partial charge in [-0.3, -0.25) is 0 Å². The largest absolute Gasteiger partial charge is 0.313 e. The molecule has 0 saturated heterocycles. The molecule has 0 aliphatic heterocycles. The summed E-state index contributed by atoms with van der Waals surface area (Å²) < 4.78 is 0.938. The number of benzene rings is 1. The first-order valence-electron chi connectivity index (χ1n) is 5.34. The van der Waals surface area contributed by atoms with Crippen LogP contribution in [0.25, 0.3) is 0 Å². The predicted octanol–water partition coefficient (Wildman–Crippen LogP) is 4.67. The SMILES string of the molecule is CNC(Cc1ccsc1)c1ccc(Br)c(Cl)c1. The van der Waals surface area contributed by atoms with Gasteiger partial charge in [0.15, 0.2) is 0 Å². The Bertz CT molecular complexity index is 484. The summed E-state index contributed by atoms with van der Waals surface area (Å²) in [5, 5.41) is 8.38. The highest BCUT2D eigenvalue weighted by Crippen LogP contribution is 2.27. The Balaban J connectivity index is 2.20. The molecule has 2 aromatic rings. The maximum absolute atomic E-state index is 6.12. The van der Waals surface area contributed by atoms with Gasteiger partial charge in [-0.25, -0.2) is 0 Å². The van der Waals surface area contributed by atoms with Crippen LogP contribution in [0.1, 0.15) is 17.2 Å². The third kappa shape index (κ3) is 3.32. The first-order valence-corrected chi connectivity index (χ1v) is 7.45. The lowest BCUT2D eigenvalue weighted by molar-refractivity contribution is 0.593. The van der Waals surface area contributed by atoms with E-state index in [2.05, 4.69) is 44.1 Å². The Labute approximate surface area is 119 Å². The monoisotopic (exact) mass is 329 g/mol. The van der Waals surface area contributed by atoms with Crippen molar-refractivity contribution in [2.75, 3.05) is 7.05 Å². The minimum Gasteiger partial charge on any atom is -0.313 e. The summed E-state index contributed by atoms with van der Waals surface area (Å²) in [4.78, 5) is 0. The summed E-state index contributed by atoms with van der Waals surface area (Å²) >= 11 is 11.3. The highest BCUT2D eigenvalue weighted by molar-refractivity contribution is 9.10. The van der Waals surface area contributed by atoms with Gasteiger partial charge in [-0.15, -0.1) is 0 Å². The molecule has 0 fully saturated rings. The molecular formula is C13H13BrClNS. The molecule has 1 heterocycles. The van der Waals surface area contributed by atoms with Gasteiger partial charge in [-0.2, -0.15) is 11.3 Å². The molecular weight excluding hydrogens is 318 g/mol. The maximum Gasteiger partial charge on any atom is 0.0551 e. The van der Waals surface area contributed by atoms with Crippen LogP contribution in [0.15, 0.2) is 39.5 Å². The fraction of sp³-hybridized carbons (Fsp3) is 0.231. The molecule has 2 rings (SSSR count). The molecule has 1 N–H and O–H groups in total. The molecule has 0 saturated carbocycles. The molecule has 17 heavy (non-hydrogen) atoms. The zero-order chi connectivity index (χ0) is 12.3. The van der Waals surface area contributed by atoms with Crippen LogP contribution in [0.2, 0.25) is 5.02 Å². The number of nitrogens with one attached hydrogen (secondary N) is 1. The molecule has 1 unspecified atom stereocenters. The molecule has 0 radical (unpaired) electrons. The summed E-state index contributed by atoms with van der Waals surface area (Å²) in [6, 6.07) is 8.57. The van der Waals surface area contributed by atoms with Crippen LogP contribution in [0, 0.1) is 0 Å². The minimum absolute atomic E-state index is 0.301. The van der Waals surface area contributed by atoms with Crippen molar-refractivity contribution in [2.45, 2.75) is 12.5 Å². The molecule has 1 nitrogen and oxygen atoms in total.